The Hall–Kier alpha value is -1.02. The Morgan fingerprint density at radius 2 is 2.18 bits per heavy atom. The molecule has 0 radical (unpaired) electrons. The van der Waals surface area contributed by atoms with E-state index in [4.69, 9.17) is 0 Å². The van der Waals surface area contributed by atoms with Crippen LogP contribution in [0.5, 0.6) is 5.75 Å². The first-order valence-corrected chi connectivity index (χ1v) is 6.61. The highest BCUT2D eigenvalue weighted by Crippen LogP contribution is 2.57. The third-order valence-corrected chi connectivity index (χ3v) is 4.88. The number of hydrogen-bond acceptors (Lipinski definition) is 2. The lowest BCUT2D eigenvalue weighted by Crippen LogP contribution is -2.34. The van der Waals surface area contributed by atoms with E-state index in [2.05, 4.69) is 6.07 Å². The van der Waals surface area contributed by atoms with Gasteiger partial charge in [-0.05, 0) is 55.2 Å². The predicted molar refractivity (Wildman–Crippen MR) is 66.8 cm³/mol. The molecule has 0 amide bonds. The van der Waals surface area contributed by atoms with Crippen molar-refractivity contribution in [2.75, 3.05) is 6.61 Å². The highest BCUT2D eigenvalue weighted by Gasteiger charge is 2.50. The van der Waals surface area contributed by atoms with Crippen LogP contribution in [0.2, 0.25) is 0 Å². The number of phenols is 1. The number of aliphatic hydroxyl groups excluding tert-OH is 1. The summed E-state index contributed by atoms with van der Waals surface area (Å²) in [5.41, 5.74) is 1.25. The summed E-state index contributed by atoms with van der Waals surface area (Å²) in [6, 6.07) is 7.49. The molecule has 3 atom stereocenters. The van der Waals surface area contributed by atoms with Gasteiger partial charge in [-0.3, -0.25) is 0 Å². The van der Waals surface area contributed by atoms with Crippen molar-refractivity contribution >= 4 is 0 Å². The molecule has 1 aromatic rings. The molecule has 2 N–H and O–H groups in total. The second kappa shape index (κ2) is 4.02. The van der Waals surface area contributed by atoms with Crippen molar-refractivity contribution in [3.05, 3.63) is 29.8 Å². The molecule has 0 aromatic heterocycles. The minimum atomic E-state index is 0.0940. The summed E-state index contributed by atoms with van der Waals surface area (Å²) in [7, 11) is 0. The van der Waals surface area contributed by atoms with Crippen LogP contribution in [0, 0.1) is 17.3 Å². The van der Waals surface area contributed by atoms with E-state index in [9.17, 15) is 10.2 Å². The second-order valence-electron chi connectivity index (χ2n) is 5.95. The van der Waals surface area contributed by atoms with Crippen molar-refractivity contribution in [2.45, 2.75) is 32.1 Å². The molecule has 2 heteroatoms. The number of aliphatic hydroxyl groups is 1. The molecule has 17 heavy (non-hydrogen) atoms. The molecule has 1 aromatic carbocycles. The van der Waals surface area contributed by atoms with Crippen molar-refractivity contribution < 1.29 is 10.2 Å². The molecule has 3 unspecified atom stereocenters. The standard InChI is InChI=1S/C15H20O2/c16-10-15(9-12-4-5-13(15)6-12)8-11-2-1-3-14(17)7-11/h1-3,7,12-13,16-17H,4-6,8-10H2. The Labute approximate surface area is 102 Å². The van der Waals surface area contributed by atoms with Gasteiger partial charge in [0.25, 0.3) is 0 Å². The molecule has 0 aliphatic heterocycles. The fourth-order valence-corrected chi connectivity index (χ4v) is 4.10. The van der Waals surface area contributed by atoms with Crippen LogP contribution in [0.25, 0.3) is 0 Å². The topological polar surface area (TPSA) is 40.5 Å². The number of aromatic hydroxyl groups is 1. The van der Waals surface area contributed by atoms with Gasteiger partial charge in [0.15, 0.2) is 0 Å². The van der Waals surface area contributed by atoms with Crippen LogP contribution in [-0.4, -0.2) is 16.8 Å². The van der Waals surface area contributed by atoms with Crippen LogP contribution in [0.3, 0.4) is 0 Å². The smallest absolute Gasteiger partial charge is 0.115 e. The maximum Gasteiger partial charge on any atom is 0.115 e. The van der Waals surface area contributed by atoms with Gasteiger partial charge in [-0.25, -0.2) is 0 Å². The van der Waals surface area contributed by atoms with Gasteiger partial charge in [0.05, 0.1) is 0 Å². The number of benzene rings is 1. The molecule has 2 saturated carbocycles. The highest BCUT2D eigenvalue weighted by molar-refractivity contribution is 5.28. The normalized spacial score (nSPS) is 35.4. The molecular formula is C15H20O2. The fourth-order valence-electron chi connectivity index (χ4n) is 4.10. The first kappa shape index (κ1) is 11.1. The van der Waals surface area contributed by atoms with Crippen molar-refractivity contribution in [1.82, 2.24) is 0 Å². The largest absolute Gasteiger partial charge is 0.508 e. The van der Waals surface area contributed by atoms with Crippen molar-refractivity contribution in [3.8, 4) is 5.75 Å². The van der Waals surface area contributed by atoms with E-state index in [0.717, 1.165) is 17.9 Å². The number of hydrogen-bond donors (Lipinski definition) is 2. The number of rotatable bonds is 3. The van der Waals surface area contributed by atoms with Crippen LogP contribution >= 0.6 is 0 Å². The van der Waals surface area contributed by atoms with E-state index >= 15 is 0 Å². The number of fused-ring (bicyclic) bond motifs is 2. The third-order valence-electron chi connectivity index (χ3n) is 4.88. The van der Waals surface area contributed by atoms with Gasteiger partial charge in [0.1, 0.15) is 5.75 Å². The Bertz CT molecular complexity index is 415. The summed E-state index contributed by atoms with van der Waals surface area (Å²) in [5.74, 6) is 1.86. The summed E-state index contributed by atoms with van der Waals surface area (Å²) in [4.78, 5) is 0. The van der Waals surface area contributed by atoms with Gasteiger partial charge >= 0.3 is 0 Å². The monoisotopic (exact) mass is 232 g/mol. The van der Waals surface area contributed by atoms with E-state index in [-0.39, 0.29) is 5.41 Å². The minimum absolute atomic E-state index is 0.0940. The SMILES string of the molecule is OCC1(Cc2cccc(O)c2)CC2CCC1C2. The predicted octanol–water partition coefficient (Wildman–Crippen LogP) is 2.73. The zero-order chi connectivity index (χ0) is 11.9. The van der Waals surface area contributed by atoms with Crippen molar-refractivity contribution in [2.24, 2.45) is 17.3 Å². The van der Waals surface area contributed by atoms with E-state index in [0.29, 0.717) is 18.3 Å². The molecule has 2 aliphatic rings. The van der Waals surface area contributed by atoms with Gasteiger partial charge in [0.2, 0.25) is 0 Å². The lowest BCUT2D eigenvalue weighted by atomic mass is 9.70. The van der Waals surface area contributed by atoms with Gasteiger partial charge in [-0.15, -0.1) is 0 Å². The lowest BCUT2D eigenvalue weighted by Gasteiger charge is -2.36. The summed E-state index contributed by atoms with van der Waals surface area (Å²) < 4.78 is 0. The zero-order valence-corrected chi connectivity index (χ0v) is 10.1. The second-order valence-corrected chi connectivity index (χ2v) is 5.95. The molecule has 92 valence electrons. The Morgan fingerprint density at radius 1 is 1.29 bits per heavy atom. The van der Waals surface area contributed by atoms with Crippen molar-refractivity contribution in [3.63, 3.8) is 0 Å². The lowest BCUT2D eigenvalue weighted by molar-refractivity contribution is 0.0651. The summed E-state index contributed by atoms with van der Waals surface area (Å²) in [6.45, 7) is 0.295. The molecule has 2 aliphatic carbocycles. The zero-order valence-electron chi connectivity index (χ0n) is 10.1. The maximum absolute atomic E-state index is 9.81. The first-order chi connectivity index (χ1) is 8.22. The van der Waals surface area contributed by atoms with Crippen LogP contribution in [0.15, 0.2) is 24.3 Å². The Kier molecular flexibility index (Phi) is 2.62. The average Bonchev–Trinajstić information content (AvgIpc) is 2.89. The fraction of sp³-hybridized carbons (Fsp3) is 0.600. The average molecular weight is 232 g/mol. The van der Waals surface area contributed by atoms with E-state index in [1.807, 2.05) is 12.1 Å². The highest BCUT2D eigenvalue weighted by atomic mass is 16.3. The van der Waals surface area contributed by atoms with E-state index < -0.39 is 0 Å². The quantitative estimate of drug-likeness (QED) is 0.841. The maximum atomic E-state index is 9.81. The van der Waals surface area contributed by atoms with Crippen molar-refractivity contribution in [1.29, 1.82) is 0 Å². The van der Waals surface area contributed by atoms with Gasteiger partial charge < -0.3 is 10.2 Å². The third kappa shape index (κ3) is 1.85. The Balaban J connectivity index is 1.83. The van der Waals surface area contributed by atoms with Crippen LogP contribution in [-0.2, 0) is 6.42 Å². The van der Waals surface area contributed by atoms with Gasteiger partial charge in [-0.2, -0.15) is 0 Å². The summed E-state index contributed by atoms with van der Waals surface area (Å²) >= 11 is 0. The molecule has 2 bridgehead atoms. The summed E-state index contributed by atoms with van der Waals surface area (Å²) in [5, 5.41) is 19.3. The van der Waals surface area contributed by atoms with E-state index in [1.54, 1.807) is 6.07 Å². The summed E-state index contributed by atoms with van der Waals surface area (Å²) in [6.07, 6.45) is 6.03. The molecule has 2 nitrogen and oxygen atoms in total. The van der Waals surface area contributed by atoms with Gasteiger partial charge in [0, 0.05) is 12.0 Å². The minimum Gasteiger partial charge on any atom is -0.508 e. The Morgan fingerprint density at radius 3 is 2.76 bits per heavy atom. The van der Waals surface area contributed by atoms with E-state index in [1.165, 1.54) is 25.7 Å². The van der Waals surface area contributed by atoms with Crippen LogP contribution in [0.4, 0.5) is 0 Å². The van der Waals surface area contributed by atoms with Crippen LogP contribution < -0.4 is 0 Å². The molecular weight excluding hydrogens is 212 g/mol. The molecule has 2 fully saturated rings. The molecule has 3 rings (SSSR count). The van der Waals surface area contributed by atoms with Crippen LogP contribution in [0.1, 0.15) is 31.2 Å². The number of phenolic OH excluding ortho intramolecular Hbond substituents is 1. The molecule has 0 spiro atoms. The first-order valence-electron chi connectivity index (χ1n) is 6.61. The van der Waals surface area contributed by atoms with Gasteiger partial charge in [-0.1, -0.05) is 18.6 Å². The molecule has 0 saturated heterocycles. The molecule has 0 heterocycles.